The third kappa shape index (κ3) is 4.43. The van der Waals surface area contributed by atoms with Crippen molar-refractivity contribution in [2.75, 3.05) is 6.61 Å². The molecular formula is C16H17NO2S2. The highest BCUT2D eigenvalue weighted by molar-refractivity contribution is 7.11. The zero-order chi connectivity index (χ0) is 15.1. The van der Waals surface area contributed by atoms with Crippen LogP contribution in [0.25, 0.3) is 0 Å². The minimum Gasteiger partial charge on any atom is -0.384 e. The highest BCUT2D eigenvalue weighted by Gasteiger charge is 2.16. The van der Waals surface area contributed by atoms with Gasteiger partial charge in [-0.1, -0.05) is 31.3 Å². The Morgan fingerprint density at radius 2 is 2.33 bits per heavy atom. The van der Waals surface area contributed by atoms with E-state index in [2.05, 4.69) is 30.1 Å². The van der Waals surface area contributed by atoms with E-state index in [0.29, 0.717) is 5.56 Å². The van der Waals surface area contributed by atoms with Crippen LogP contribution in [0.15, 0.2) is 29.0 Å². The first kappa shape index (κ1) is 15.8. The van der Waals surface area contributed by atoms with Crippen molar-refractivity contribution in [3.63, 3.8) is 0 Å². The van der Waals surface area contributed by atoms with E-state index in [1.165, 1.54) is 16.2 Å². The molecule has 5 heteroatoms. The summed E-state index contributed by atoms with van der Waals surface area (Å²) in [5.41, 5.74) is 0.625. The lowest BCUT2D eigenvalue weighted by atomic mass is 10.1. The number of thiophene rings is 2. The standard InChI is InChI=1S/C16H17NO2S2/c1-2-5-14(15-7-4-9-20-15)17-16(19)12-10-13(21-11-12)6-3-8-18/h4,7,9-11,14,18H,2,5,8H2,1H3,(H,17,19). The number of rotatable bonds is 5. The Morgan fingerprint density at radius 1 is 1.48 bits per heavy atom. The fraction of sp³-hybridized carbons (Fsp3) is 0.312. The Morgan fingerprint density at radius 3 is 3.00 bits per heavy atom. The van der Waals surface area contributed by atoms with Crippen molar-refractivity contribution in [3.05, 3.63) is 44.3 Å². The SMILES string of the molecule is CCCC(NC(=O)c1csc(C#CCO)c1)c1cccs1. The van der Waals surface area contributed by atoms with Crippen LogP contribution in [-0.4, -0.2) is 17.6 Å². The van der Waals surface area contributed by atoms with Crippen molar-refractivity contribution in [1.82, 2.24) is 5.32 Å². The first-order chi connectivity index (χ1) is 10.2. The molecule has 0 fully saturated rings. The minimum absolute atomic E-state index is 0.0642. The van der Waals surface area contributed by atoms with Crippen molar-refractivity contribution in [2.45, 2.75) is 25.8 Å². The van der Waals surface area contributed by atoms with Crippen LogP contribution in [0.2, 0.25) is 0 Å². The van der Waals surface area contributed by atoms with Crippen LogP contribution in [0.1, 0.15) is 45.9 Å². The van der Waals surface area contributed by atoms with Gasteiger partial charge >= 0.3 is 0 Å². The summed E-state index contributed by atoms with van der Waals surface area (Å²) < 4.78 is 0. The quantitative estimate of drug-likeness (QED) is 0.830. The summed E-state index contributed by atoms with van der Waals surface area (Å²) in [5, 5.41) is 15.6. The molecule has 0 saturated heterocycles. The zero-order valence-electron chi connectivity index (χ0n) is 11.8. The van der Waals surface area contributed by atoms with Gasteiger partial charge in [-0.15, -0.1) is 22.7 Å². The summed E-state index contributed by atoms with van der Waals surface area (Å²) in [5.74, 6) is 5.33. The second kappa shape index (κ2) is 7.99. The van der Waals surface area contributed by atoms with Crippen LogP contribution in [0.3, 0.4) is 0 Å². The molecule has 0 saturated carbocycles. The van der Waals surface area contributed by atoms with E-state index in [9.17, 15) is 4.79 Å². The molecule has 0 aromatic carbocycles. The third-order valence-electron chi connectivity index (χ3n) is 2.92. The van der Waals surface area contributed by atoms with Crippen molar-refractivity contribution < 1.29 is 9.90 Å². The highest BCUT2D eigenvalue weighted by atomic mass is 32.1. The summed E-state index contributed by atoms with van der Waals surface area (Å²) in [6, 6.07) is 5.88. The fourth-order valence-electron chi connectivity index (χ4n) is 1.95. The van der Waals surface area contributed by atoms with Gasteiger partial charge in [0.1, 0.15) is 6.61 Å². The molecule has 0 spiro atoms. The topological polar surface area (TPSA) is 49.3 Å². The van der Waals surface area contributed by atoms with Gasteiger partial charge in [0, 0.05) is 10.3 Å². The molecule has 110 valence electrons. The number of carbonyl (C=O) groups excluding carboxylic acids is 1. The smallest absolute Gasteiger partial charge is 0.252 e. The van der Waals surface area contributed by atoms with E-state index in [0.717, 1.165) is 17.7 Å². The molecule has 2 aromatic heterocycles. The maximum absolute atomic E-state index is 12.3. The van der Waals surface area contributed by atoms with Crippen LogP contribution in [-0.2, 0) is 0 Å². The van der Waals surface area contributed by atoms with Gasteiger partial charge in [0.05, 0.1) is 16.5 Å². The molecule has 21 heavy (non-hydrogen) atoms. The minimum atomic E-state index is -0.170. The predicted molar refractivity (Wildman–Crippen MR) is 87.7 cm³/mol. The molecule has 2 rings (SSSR count). The van der Waals surface area contributed by atoms with Crippen molar-refractivity contribution in [1.29, 1.82) is 0 Å². The Bertz CT molecular complexity index is 635. The van der Waals surface area contributed by atoms with Gasteiger partial charge in [-0.2, -0.15) is 0 Å². The van der Waals surface area contributed by atoms with E-state index in [1.807, 2.05) is 11.4 Å². The first-order valence-corrected chi connectivity index (χ1v) is 8.53. The lowest BCUT2D eigenvalue weighted by Gasteiger charge is -2.16. The average Bonchev–Trinajstić information content (AvgIpc) is 3.16. The van der Waals surface area contributed by atoms with Crippen LogP contribution in [0, 0.1) is 11.8 Å². The molecule has 0 aliphatic carbocycles. The first-order valence-electron chi connectivity index (χ1n) is 6.77. The average molecular weight is 319 g/mol. The number of nitrogens with one attached hydrogen (secondary N) is 1. The number of aliphatic hydroxyl groups excluding tert-OH is 1. The van der Waals surface area contributed by atoms with Gasteiger partial charge in [-0.3, -0.25) is 4.79 Å². The van der Waals surface area contributed by atoms with Crippen molar-refractivity contribution in [2.24, 2.45) is 0 Å². The lowest BCUT2D eigenvalue weighted by Crippen LogP contribution is -2.27. The van der Waals surface area contributed by atoms with Crippen LogP contribution < -0.4 is 5.32 Å². The van der Waals surface area contributed by atoms with Crippen LogP contribution >= 0.6 is 22.7 Å². The normalized spacial score (nSPS) is 11.5. The van der Waals surface area contributed by atoms with Gasteiger partial charge in [0.2, 0.25) is 0 Å². The molecule has 0 bridgehead atoms. The molecule has 1 atom stereocenters. The molecule has 0 aliphatic heterocycles. The summed E-state index contributed by atoms with van der Waals surface area (Å²) in [6.07, 6.45) is 1.94. The van der Waals surface area contributed by atoms with Gasteiger partial charge in [-0.25, -0.2) is 0 Å². The van der Waals surface area contributed by atoms with Gasteiger partial charge < -0.3 is 10.4 Å². The van der Waals surface area contributed by atoms with Crippen LogP contribution in [0.5, 0.6) is 0 Å². The second-order valence-corrected chi connectivity index (χ2v) is 6.38. The van der Waals surface area contributed by atoms with Gasteiger partial charge in [0.15, 0.2) is 0 Å². The Kier molecular flexibility index (Phi) is 6.00. The molecule has 2 aromatic rings. The number of carbonyl (C=O) groups is 1. The second-order valence-electron chi connectivity index (χ2n) is 4.49. The van der Waals surface area contributed by atoms with E-state index in [4.69, 9.17) is 5.11 Å². The van der Waals surface area contributed by atoms with Gasteiger partial charge in [-0.05, 0) is 23.9 Å². The van der Waals surface area contributed by atoms with Gasteiger partial charge in [0.25, 0.3) is 5.91 Å². The zero-order valence-corrected chi connectivity index (χ0v) is 13.4. The summed E-state index contributed by atoms with van der Waals surface area (Å²) in [7, 11) is 0. The lowest BCUT2D eigenvalue weighted by molar-refractivity contribution is 0.0935. The van der Waals surface area contributed by atoms with E-state index < -0.39 is 0 Å². The summed E-state index contributed by atoms with van der Waals surface area (Å²) in [6.45, 7) is 1.94. The van der Waals surface area contributed by atoms with E-state index in [-0.39, 0.29) is 18.6 Å². The summed E-state index contributed by atoms with van der Waals surface area (Å²) in [4.78, 5) is 14.3. The Labute approximate surface area is 132 Å². The van der Waals surface area contributed by atoms with Crippen molar-refractivity contribution >= 4 is 28.6 Å². The molecular weight excluding hydrogens is 302 g/mol. The number of hydrogen-bond donors (Lipinski definition) is 2. The third-order valence-corrected chi connectivity index (χ3v) is 4.75. The largest absolute Gasteiger partial charge is 0.384 e. The fourth-order valence-corrected chi connectivity index (χ4v) is 3.52. The molecule has 0 radical (unpaired) electrons. The van der Waals surface area contributed by atoms with E-state index >= 15 is 0 Å². The molecule has 1 unspecified atom stereocenters. The molecule has 3 nitrogen and oxygen atoms in total. The van der Waals surface area contributed by atoms with Crippen LogP contribution in [0.4, 0.5) is 0 Å². The molecule has 2 N–H and O–H groups in total. The van der Waals surface area contributed by atoms with E-state index in [1.54, 1.807) is 22.8 Å². The monoisotopic (exact) mass is 319 g/mol. The Balaban J connectivity index is 2.06. The number of hydrogen-bond acceptors (Lipinski definition) is 4. The maximum Gasteiger partial charge on any atom is 0.252 e. The molecule has 1 amide bonds. The number of aliphatic hydroxyl groups is 1. The molecule has 2 heterocycles. The highest BCUT2D eigenvalue weighted by Crippen LogP contribution is 2.24. The molecule has 0 aliphatic rings. The Hall–Kier alpha value is -1.61. The summed E-state index contributed by atoms with van der Waals surface area (Å²) >= 11 is 3.08. The number of amides is 1. The predicted octanol–water partition coefficient (Wildman–Crippen LogP) is 3.42. The van der Waals surface area contributed by atoms with Crippen molar-refractivity contribution in [3.8, 4) is 11.8 Å². The maximum atomic E-state index is 12.3.